The van der Waals surface area contributed by atoms with Crippen LogP contribution in [0.2, 0.25) is 0 Å². The van der Waals surface area contributed by atoms with Crippen LogP contribution in [0.1, 0.15) is 53.4 Å². The van der Waals surface area contributed by atoms with E-state index in [9.17, 15) is 0 Å². The highest BCUT2D eigenvalue weighted by atomic mass is 15.1. The van der Waals surface area contributed by atoms with Gasteiger partial charge in [0.25, 0.3) is 0 Å². The molecule has 0 bridgehead atoms. The Bertz CT molecular complexity index is 829. The van der Waals surface area contributed by atoms with Gasteiger partial charge >= 0.3 is 0 Å². The Labute approximate surface area is 145 Å². The zero-order valence-corrected chi connectivity index (χ0v) is 15.1. The molecule has 0 aliphatic heterocycles. The van der Waals surface area contributed by atoms with Crippen molar-refractivity contribution in [3.8, 4) is 0 Å². The van der Waals surface area contributed by atoms with E-state index in [4.69, 9.17) is 0 Å². The minimum Gasteiger partial charge on any atom is -0.330 e. The Balaban J connectivity index is 1.94. The van der Waals surface area contributed by atoms with Crippen LogP contribution >= 0.6 is 0 Å². The third-order valence-electron chi connectivity index (χ3n) is 5.09. The monoisotopic (exact) mass is 318 g/mol. The highest BCUT2D eigenvalue weighted by Gasteiger charge is 2.17. The van der Waals surface area contributed by atoms with Gasteiger partial charge in [0.15, 0.2) is 0 Å². The third-order valence-corrected chi connectivity index (χ3v) is 5.09. The highest BCUT2D eigenvalue weighted by molar-refractivity contribution is 5.38. The van der Waals surface area contributed by atoms with Gasteiger partial charge < -0.3 is 4.57 Å². The van der Waals surface area contributed by atoms with Crippen LogP contribution in [0.15, 0.2) is 54.9 Å². The van der Waals surface area contributed by atoms with Gasteiger partial charge in [-0.1, -0.05) is 56.3 Å². The van der Waals surface area contributed by atoms with Crippen LogP contribution < -0.4 is 0 Å². The quantitative estimate of drug-likeness (QED) is 0.627. The smallest absolute Gasteiger partial charge is 0.116 e. The number of rotatable bonds is 5. The fourth-order valence-electron chi connectivity index (χ4n) is 3.46. The van der Waals surface area contributed by atoms with Crippen LogP contribution in [0.3, 0.4) is 0 Å². The maximum absolute atomic E-state index is 4.68. The molecule has 0 unspecified atom stereocenters. The molecule has 0 amide bonds. The molecule has 1 heterocycles. The van der Waals surface area contributed by atoms with E-state index >= 15 is 0 Å². The standard InChI is InChI=1S/C22H26N2/c1-5-19-10-6-7-11-20(19)15-24-14-13-23-22(24)18(4)21-12-8-9-16(2)17(21)3/h6-14,18H,5,15H2,1-4H3/t18-/m0/s1. The summed E-state index contributed by atoms with van der Waals surface area (Å²) < 4.78 is 2.29. The van der Waals surface area contributed by atoms with E-state index in [0.29, 0.717) is 0 Å². The molecule has 0 fully saturated rings. The molecule has 2 nitrogen and oxygen atoms in total. The Morgan fingerprint density at radius 2 is 1.75 bits per heavy atom. The average Bonchev–Trinajstić information content (AvgIpc) is 3.05. The van der Waals surface area contributed by atoms with E-state index in [1.54, 1.807) is 0 Å². The zero-order chi connectivity index (χ0) is 17.1. The Kier molecular flexibility index (Phi) is 4.84. The summed E-state index contributed by atoms with van der Waals surface area (Å²) in [4.78, 5) is 4.68. The summed E-state index contributed by atoms with van der Waals surface area (Å²) in [6.07, 6.45) is 5.08. The number of hydrogen-bond donors (Lipinski definition) is 0. The summed E-state index contributed by atoms with van der Waals surface area (Å²) in [5.74, 6) is 1.42. The number of aryl methyl sites for hydroxylation is 2. The van der Waals surface area contributed by atoms with Crippen molar-refractivity contribution in [1.82, 2.24) is 9.55 Å². The summed E-state index contributed by atoms with van der Waals surface area (Å²) >= 11 is 0. The molecule has 3 aromatic rings. The van der Waals surface area contributed by atoms with E-state index < -0.39 is 0 Å². The van der Waals surface area contributed by atoms with Gasteiger partial charge in [0, 0.05) is 24.9 Å². The molecular weight excluding hydrogens is 292 g/mol. The van der Waals surface area contributed by atoms with Crippen LogP contribution in [-0.4, -0.2) is 9.55 Å². The molecule has 0 saturated carbocycles. The maximum atomic E-state index is 4.68. The largest absolute Gasteiger partial charge is 0.330 e. The molecule has 1 atom stereocenters. The van der Waals surface area contributed by atoms with Gasteiger partial charge in [-0.15, -0.1) is 0 Å². The molecule has 0 saturated heterocycles. The molecule has 2 heteroatoms. The van der Waals surface area contributed by atoms with Crippen LogP contribution in [0.5, 0.6) is 0 Å². The van der Waals surface area contributed by atoms with Gasteiger partial charge in [0.1, 0.15) is 5.82 Å². The summed E-state index contributed by atoms with van der Waals surface area (Å²) in [7, 11) is 0. The second-order valence-electron chi connectivity index (χ2n) is 6.55. The predicted octanol–water partition coefficient (Wildman–Crippen LogP) is 5.26. The van der Waals surface area contributed by atoms with Crippen molar-refractivity contribution in [2.24, 2.45) is 0 Å². The first-order valence-corrected chi connectivity index (χ1v) is 8.75. The van der Waals surface area contributed by atoms with Crippen LogP contribution in [-0.2, 0) is 13.0 Å². The van der Waals surface area contributed by atoms with Gasteiger partial charge in [-0.2, -0.15) is 0 Å². The zero-order valence-electron chi connectivity index (χ0n) is 15.1. The lowest BCUT2D eigenvalue weighted by Gasteiger charge is -2.18. The van der Waals surface area contributed by atoms with Crippen LogP contribution in [0.4, 0.5) is 0 Å². The van der Waals surface area contributed by atoms with Crippen molar-refractivity contribution in [3.05, 3.63) is 88.5 Å². The van der Waals surface area contributed by atoms with E-state index in [1.165, 1.54) is 27.8 Å². The first kappa shape index (κ1) is 16.5. The van der Waals surface area contributed by atoms with Crippen molar-refractivity contribution < 1.29 is 0 Å². The normalized spacial score (nSPS) is 12.3. The first-order valence-electron chi connectivity index (χ1n) is 8.75. The number of hydrogen-bond acceptors (Lipinski definition) is 1. The summed E-state index contributed by atoms with van der Waals surface area (Å²) in [5.41, 5.74) is 6.87. The summed E-state index contributed by atoms with van der Waals surface area (Å²) in [6.45, 7) is 9.74. The Hall–Kier alpha value is -2.35. The van der Waals surface area contributed by atoms with Crippen molar-refractivity contribution in [2.75, 3.05) is 0 Å². The van der Waals surface area contributed by atoms with E-state index in [2.05, 4.69) is 85.9 Å². The highest BCUT2D eigenvalue weighted by Crippen LogP contribution is 2.28. The van der Waals surface area contributed by atoms with Crippen molar-refractivity contribution in [2.45, 2.75) is 46.6 Å². The molecule has 0 radical (unpaired) electrons. The minimum absolute atomic E-state index is 0.286. The fraction of sp³-hybridized carbons (Fsp3) is 0.318. The second kappa shape index (κ2) is 7.04. The van der Waals surface area contributed by atoms with Gasteiger partial charge in [0.2, 0.25) is 0 Å². The molecule has 124 valence electrons. The lowest BCUT2D eigenvalue weighted by Crippen LogP contribution is -2.11. The number of benzene rings is 2. The van der Waals surface area contributed by atoms with E-state index in [1.807, 2.05) is 6.20 Å². The molecule has 0 N–H and O–H groups in total. The van der Waals surface area contributed by atoms with Gasteiger partial charge in [-0.25, -0.2) is 4.98 Å². The molecular formula is C22H26N2. The van der Waals surface area contributed by atoms with Crippen molar-refractivity contribution in [1.29, 1.82) is 0 Å². The van der Waals surface area contributed by atoms with E-state index in [0.717, 1.165) is 18.8 Å². The van der Waals surface area contributed by atoms with Gasteiger partial charge in [0.05, 0.1) is 0 Å². The van der Waals surface area contributed by atoms with Gasteiger partial charge in [-0.3, -0.25) is 0 Å². The molecule has 0 spiro atoms. The molecule has 3 rings (SSSR count). The lowest BCUT2D eigenvalue weighted by molar-refractivity contribution is 0.683. The van der Waals surface area contributed by atoms with E-state index in [-0.39, 0.29) is 5.92 Å². The molecule has 0 aliphatic rings. The number of nitrogens with zero attached hydrogens (tertiary/aromatic N) is 2. The summed E-state index contributed by atoms with van der Waals surface area (Å²) in [5, 5.41) is 0. The first-order chi connectivity index (χ1) is 11.6. The summed E-state index contributed by atoms with van der Waals surface area (Å²) in [6, 6.07) is 15.2. The number of aromatic nitrogens is 2. The Morgan fingerprint density at radius 3 is 2.50 bits per heavy atom. The molecule has 2 aromatic carbocycles. The average molecular weight is 318 g/mol. The minimum atomic E-state index is 0.286. The third kappa shape index (κ3) is 3.14. The molecule has 1 aromatic heterocycles. The fourth-order valence-corrected chi connectivity index (χ4v) is 3.46. The number of imidazole rings is 1. The topological polar surface area (TPSA) is 17.8 Å². The Morgan fingerprint density at radius 1 is 1.00 bits per heavy atom. The lowest BCUT2D eigenvalue weighted by atomic mass is 9.93. The van der Waals surface area contributed by atoms with Crippen molar-refractivity contribution >= 4 is 0 Å². The second-order valence-corrected chi connectivity index (χ2v) is 6.55. The van der Waals surface area contributed by atoms with Crippen molar-refractivity contribution in [3.63, 3.8) is 0 Å². The van der Waals surface area contributed by atoms with Gasteiger partial charge in [-0.05, 0) is 48.1 Å². The molecule has 0 aliphatic carbocycles. The van der Waals surface area contributed by atoms with Crippen LogP contribution in [0.25, 0.3) is 0 Å². The predicted molar refractivity (Wildman–Crippen MR) is 101 cm³/mol. The maximum Gasteiger partial charge on any atom is 0.116 e. The molecule has 24 heavy (non-hydrogen) atoms. The van der Waals surface area contributed by atoms with Crippen LogP contribution in [0, 0.1) is 13.8 Å². The SMILES string of the molecule is CCc1ccccc1Cn1ccnc1[C@@H](C)c1cccc(C)c1C.